The van der Waals surface area contributed by atoms with E-state index in [1.54, 1.807) is 0 Å². The summed E-state index contributed by atoms with van der Waals surface area (Å²) in [5, 5.41) is 0. The van der Waals surface area contributed by atoms with E-state index in [4.69, 9.17) is 9.98 Å². The van der Waals surface area contributed by atoms with Gasteiger partial charge in [0.25, 0.3) is 0 Å². The Morgan fingerprint density at radius 3 is 1.68 bits per heavy atom. The summed E-state index contributed by atoms with van der Waals surface area (Å²) in [6, 6.07) is 13.5. The van der Waals surface area contributed by atoms with Crippen molar-refractivity contribution in [1.82, 2.24) is 0 Å². The monoisotopic (exact) mass is 640 g/mol. The maximum atomic E-state index is 5.21. The van der Waals surface area contributed by atoms with Crippen molar-refractivity contribution >= 4 is 22.8 Å². The zero-order chi connectivity index (χ0) is 31.1. The van der Waals surface area contributed by atoms with Crippen molar-refractivity contribution in [3.63, 3.8) is 0 Å². The van der Waals surface area contributed by atoms with Gasteiger partial charge < -0.3 is 0 Å². The van der Waals surface area contributed by atoms with Crippen LogP contribution in [0.2, 0.25) is 0 Å². The normalized spacial score (nSPS) is 11.7. The number of hydrogen-bond donors (Lipinski definition) is 0. The van der Waals surface area contributed by atoms with Gasteiger partial charge in [-0.2, -0.15) is 0 Å². The van der Waals surface area contributed by atoms with E-state index in [1.807, 2.05) is 0 Å². The summed E-state index contributed by atoms with van der Waals surface area (Å²) in [6.07, 6.45) is 22.8. The second-order valence-corrected chi connectivity index (χ2v) is 12.1. The smallest absolute Gasteiger partial charge is 0.135 e. The predicted molar refractivity (Wildman–Crippen MR) is 193 cm³/mol. The van der Waals surface area contributed by atoms with Crippen LogP contribution in [0.3, 0.4) is 0 Å². The molecule has 0 aliphatic rings. The molecular formula is C41H62N2Ni. The van der Waals surface area contributed by atoms with Gasteiger partial charge in [0.15, 0.2) is 0 Å². The Morgan fingerprint density at radius 2 is 1.07 bits per heavy atom. The number of hydrogen-bond acceptors (Lipinski definition) is 2. The first-order chi connectivity index (χ1) is 21.1. The van der Waals surface area contributed by atoms with Gasteiger partial charge in [-0.25, -0.2) is 4.99 Å². The fourth-order valence-corrected chi connectivity index (χ4v) is 5.71. The SMILES string of the molecule is CCCCCCCCCC#CC(=Nc1ccc(CCCCC)c(CCCCC)c1)C(CC)=Nc1ccc(CC)c(CC)c1.[Ni]. The topological polar surface area (TPSA) is 24.7 Å². The fourth-order valence-electron chi connectivity index (χ4n) is 5.71. The molecule has 0 aliphatic carbocycles. The Bertz CT molecular complexity index is 1180. The van der Waals surface area contributed by atoms with Crippen LogP contribution >= 0.6 is 0 Å². The molecular weight excluding hydrogens is 579 g/mol. The molecule has 246 valence electrons. The largest absolute Gasteiger partial charge is 0.251 e. The molecule has 0 heterocycles. The van der Waals surface area contributed by atoms with Crippen molar-refractivity contribution in [3.8, 4) is 11.8 Å². The van der Waals surface area contributed by atoms with Crippen LogP contribution in [-0.4, -0.2) is 11.4 Å². The molecule has 0 saturated carbocycles. The van der Waals surface area contributed by atoms with Crippen LogP contribution in [0, 0.1) is 11.8 Å². The van der Waals surface area contributed by atoms with E-state index in [9.17, 15) is 0 Å². The molecule has 0 radical (unpaired) electrons. The van der Waals surface area contributed by atoms with Gasteiger partial charge in [-0.3, -0.25) is 4.99 Å². The predicted octanol–water partition coefficient (Wildman–Crippen LogP) is 12.7. The third-order valence-electron chi connectivity index (χ3n) is 8.47. The van der Waals surface area contributed by atoms with Crippen molar-refractivity contribution in [2.24, 2.45) is 9.98 Å². The molecule has 0 bridgehead atoms. The van der Waals surface area contributed by atoms with Crippen LogP contribution in [0.4, 0.5) is 11.4 Å². The zero-order valence-corrected chi connectivity index (χ0v) is 30.1. The van der Waals surface area contributed by atoms with Crippen molar-refractivity contribution in [1.29, 1.82) is 0 Å². The minimum atomic E-state index is 0. The molecule has 0 aliphatic heterocycles. The Morgan fingerprint density at radius 1 is 0.545 bits per heavy atom. The van der Waals surface area contributed by atoms with E-state index in [2.05, 4.69) is 89.8 Å². The molecule has 2 nitrogen and oxygen atoms in total. The van der Waals surface area contributed by atoms with Crippen molar-refractivity contribution in [2.75, 3.05) is 0 Å². The van der Waals surface area contributed by atoms with Gasteiger partial charge in [0.2, 0.25) is 0 Å². The Hall–Kier alpha value is -2.17. The summed E-state index contributed by atoms with van der Waals surface area (Å²) < 4.78 is 0. The molecule has 44 heavy (non-hydrogen) atoms. The van der Waals surface area contributed by atoms with Gasteiger partial charge in [0.05, 0.1) is 17.1 Å². The third kappa shape index (κ3) is 15.2. The van der Waals surface area contributed by atoms with E-state index in [0.29, 0.717) is 0 Å². The van der Waals surface area contributed by atoms with Gasteiger partial charge in [-0.15, -0.1) is 0 Å². The second kappa shape index (κ2) is 25.1. The van der Waals surface area contributed by atoms with E-state index >= 15 is 0 Å². The van der Waals surface area contributed by atoms with Crippen molar-refractivity contribution < 1.29 is 16.5 Å². The van der Waals surface area contributed by atoms with Crippen LogP contribution in [0.5, 0.6) is 0 Å². The summed E-state index contributed by atoms with van der Waals surface area (Å²) in [5.41, 5.74) is 9.62. The molecule has 2 aromatic carbocycles. The summed E-state index contributed by atoms with van der Waals surface area (Å²) in [7, 11) is 0. The molecule has 0 aromatic heterocycles. The number of nitrogens with zero attached hydrogens (tertiary/aromatic N) is 2. The maximum absolute atomic E-state index is 5.21. The Balaban J connectivity index is 0.00000968. The number of aryl methyl sites for hydroxylation is 4. The fraction of sp³-hybridized carbons (Fsp3) is 0.610. The van der Waals surface area contributed by atoms with E-state index in [1.165, 1.54) is 106 Å². The van der Waals surface area contributed by atoms with Crippen LogP contribution in [0.15, 0.2) is 46.4 Å². The quantitative estimate of drug-likeness (QED) is 0.0561. The van der Waals surface area contributed by atoms with Gasteiger partial charge in [-0.1, -0.05) is 124 Å². The van der Waals surface area contributed by atoms with Crippen LogP contribution < -0.4 is 0 Å². The van der Waals surface area contributed by atoms with Crippen molar-refractivity contribution in [2.45, 2.75) is 164 Å². The number of unbranched alkanes of at least 4 members (excludes halogenated alkanes) is 11. The van der Waals surface area contributed by atoms with Crippen molar-refractivity contribution in [3.05, 3.63) is 58.7 Å². The third-order valence-corrected chi connectivity index (χ3v) is 8.47. The van der Waals surface area contributed by atoms with E-state index in [-0.39, 0.29) is 16.5 Å². The van der Waals surface area contributed by atoms with E-state index < -0.39 is 0 Å². The first-order valence-corrected chi connectivity index (χ1v) is 18.0. The van der Waals surface area contributed by atoms with Gasteiger partial charge >= 0.3 is 0 Å². The average molecular weight is 642 g/mol. The summed E-state index contributed by atoms with van der Waals surface area (Å²) in [6.45, 7) is 13.5. The molecule has 2 rings (SSSR count). The Labute approximate surface area is 282 Å². The van der Waals surface area contributed by atoms with Gasteiger partial charge in [0, 0.05) is 22.9 Å². The number of benzene rings is 2. The summed E-state index contributed by atoms with van der Waals surface area (Å²) in [4.78, 5) is 10.4. The number of rotatable bonds is 21. The van der Waals surface area contributed by atoms with Crippen LogP contribution in [0.1, 0.15) is 160 Å². The number of aliphatic imine (C=N–C) groups is 2. The summed E-state index contributed by atoms with van der Waals surface area (Å²) in [5.74, 6) is 6.99. The minimum Gasteiger partial charge on any atom is -0.251 e. The van der Waals surface area contributed by atoms with Crippen LogP contribution in [0.25, 0.3) is 0 Å². The average Bonchev–Trinajstić information content (AvgIpc) is 3.03. The first-order valence-electron chi connectivity index (χ1n) is 18.0. The van der Waals surface area contributed by atoms with Crippen LogP contribution in [-0.2, 0) is 42.2 Å². The molecule has 0 atom stereocenters. The Kier molecular flexibility index (Phi) is 22.7. The molecule has 0 spiro atoms. The van der Waals surface area contributed by atoms with Gasteiger partial charge in [0.1, 0.15) is 5.71 Å². The van der Waals surface area contributed by atoms with E-state index in [0.717, 1.165) is 61.3 Å². The molecule has 0 unspecified atom stereocenters. The zero-order valence-electron chi connectivity index (χ0n) is 29.1. The maximum Gasteiger partial charge on any atom is 0.135 e. The molecule has 0 N–H and O–H groups in total. The molecule has 0 fully saturated rings. The molecule has 0 amide bonds. The minimum absolute atomic E-state index is 0. The molecule has 0 saturated heterocycles. The second-order valence-electron chi connectivity index (χ2n) is 12.1. The van der Waals surface area contributed by atoms with Gasteiger partial charge in [-0.05, 0) is 104 Å². The first kappa shape index (κ1) is 39.9. The molecule has 2 aromatic rings. The summed E-state index contributed by atoms with van der Waals surface area (Å²) >= 11 is 0. The molecule has 3 heteroatoms. The standard InChI is InChI=1S/C41H62N2.Ni/c1-7-13-16-17-18-19-20-21-24-27-41(40(12-6)42-38-30-28-34(10-4)35(11-5)32-38)43-39-31-29-36(25-22-14-8-2)37(33-39)26-23-15-9-3;/h28-33H,7-23,25-26H2,1-6H3;.